The third-order valence-corrected chi connectivity index (χ3v) is 17.9. The van der Waals surface area contributed by atoms with E-state index in [2.05, 4.69) is 46.4 Å². The van der Waals surface area contributed by atoms with Gasteiger partial charge in [-0.15, -0.1) is 0 Å². The standard InChI is InChI=1S/C6H14NO.3C4H9.Sn/c1-4-7(5-2)6(3)8;3*1-3-4-2;/h6H,4-5H2,1-3H3;3*1,3-4H2,2H3;/q-1;;;;+1. The Kier molecular flexibility index (Phi) is 13.6. The summed E-state index contributed by atoms with van der Waals surface area (Å²) in [5, 5.41) is 0. The molecule has 0 heterocycles. The molecule has 0 aromatic heterocycles. The number of nitrogens with zero attached hydrogens (tertiary/aromatic N) is 1. The van der Waals surface area contributed by atoms with Crippen LogP contribution >= 0.6 is 0 Å². The van der Waals surface area contributed by atoms with Gasteiger partial charge in [-0.05, 0) is 0 Å². The SMILES string of the molecule is CCC[CH2][Sn]([CH2]CCC)([CH2]CCC)[O]C(C)N(CC)CC. The Morgan fingerprint density at radius 1 is 0.762 bits per heavy atom. The minimum atomic E-state index is -2.42. The number of hydrogen-bond acceptors (Lipinski definition) is 2. The maximum absolute atomic E-state index is 6.92. The topological polar surface area (TPSA) is 12.5 Å². The summed E-state index contributed by atoms with van der Waals surface area (Å²) in [5.41, 5.74) is 0. The Hall–Kier alpha value is 0.719. The Labute approximate surface area is 139 Å². The van der Waals surface area contributed by atoms with Crippen molar-refractivity contribution in [3.63, 3.8) is 0 Å². The number of rotatable bonds is 14. The molecule has 0 spiro atoms. The molecule has 0 aliphatic heterocycles. The molecule has 1 atom stereocenters. The van der Waals surface area contributed by atoms with Crippen LogP contribution in [0.3, 0.4) is 0 Å². The van der Waals surface area contributed by atoms with Gasteiger partial charge >= 0.3 is 139 Å². The summed E-state index contributed by atoms with van der Waals surface area (Å²) in [6.07, 6.45) is 8.44. The predicted molar refractivity (Wildman–Crippen MR) is 98.4 cm³/mol. The molecule has 0 saturated heterocycles. The van der Waals surface area contributed by atoms with Gasteiger partial charge in [0.2, 0.25) is 0 Å². The van der Waals surface area contributed by atoms with E-state index in [1.165, 1.54) is 51.8 Å². The van der Waals surface area contributed by atoms with Gasteiger partial charge in [-0.3, -0.25) is 0 Å². The molecule has 0 aromatic carbocycles. The molecule has 0 aliphatic rings. The van der Waals surface area contributed by atoms with E-state index < -0.39 is 18.8 Å². The molecule has 0 aromatic rings. The second-order valence-electron chi connectivity index (χ2n) is 6.43. The molecular weight excluding hydrogens is 365 g/mol. The number of hydrogen-bond donors (Lipinski definition) is 0. The zero-order chi connectivity index (χ0) is 16.1. The van der Waals surface area contributed by atoms with Crippen LogP contribution in [0, 0.1) is 0 Å². The summed E-state index contributed by atoms with van der Waals surface area (Å²) < 4.78 is 11.2. The zero-order valence-corrected chi connectivity index (χ0v) is 18.6. The van der Waals surface area contributed by atoms with Crippen molar-refractivity contribution in [2.75, 3.05) is 13.1 Å². The van der Waals surface area contributed by atoms with Crippen LogP contribution in [0.2, 0.25) is 13.3 Å². The molecule has 0 amide bonds. The van der Waals surface area contributed by atoms with Crippen LogP contribution in [0.25, 0.3) is 0 Å². The van der Waals surface area contributed by atoms with Crippen molar-refractivity contribution in [1.82, 2.24) is 4.90 Å². The molecule has 128 valence electrons. The van der Waals surface area contributed by atoms with Gasteiger partial charge in [-0.2, -0.15) is 0 Å². The van der Waals surface area contributed by atoms with Crippen LogP contribution < -0.4 is 0 Å². The second-order valence-corrected chi connectivity index (χ2v) is 18.1. The van der Waals surface area contributed by atoms with Gasteiger partial charge in [0.15, 0.2) is 0 Å². The van der Waals surface area contributed by atoms with Gasteiger partial charge in [-0.25, -0.2) is 0 Å². The van der Waals surface area contributed by atoms with Gasteiger partial charge < -0.3 is 0 Å². The van der Waals surface area contributed by atoms with Gasteiger partial charge in [0.05, 0.1) is 0 Å². The molecule has 0 rings (SSSR count). The molecule has 0 radical (unpaired) electrons. The zero-order valence-electron chi connectivity index (χ0n) is 15.7. The minimum absolute atomic E-state index is 0.335. The van der Waals surface area contributed by atoms with Crippen molar-refractivity contribution in [3.8, 4) is 0 Å². The Morgan fingerprint density at radius 3 is 1.43 bits per heavy atom. The third kappa shape index (κ3) is 8.80. The quantitative estimate of drug-likeness (QED) is 0.258. The van der Waals surface area contributed by atoms with E-state index in [0.29, 0.717) is 6.23 Å². The molecule has 2 nitrogen and oxygen atoms in total. The summed E-state index contributed by atoms with van der Waals surface area (Å²) >= 11 is -2.42. The number of unbranched alkanes of at least 4 members (excludes halogenated alkanes) is 3. The molecule has 0 N–H and O–H groups in total. The van der Waals surface area contributed by atoms with Crippen LogP contribution in [-0.2, 0) is 3.07 Å². The van der Waals surface area contributed by atoms with Crippen molar-refractivity contribution < 1.29 is 3.07 Å². The van der Waals surface area contributed by atoms with Crippen LogP contribution in [0.5, 0.6) is 0 Å². The first kappa shape index (κ1) is 21.7. The van der Waals surface area contributed by atoms with Crippen LogP contribution in [0.15, 0.2) is 0 Å². The Bertz CT molecular complexity index is 209. The van der Waals surface area contributed by atoms with Crippen LogP contribution in [0.4, 0.5) is 0 Å². The summed E-state index contributed by atoms with van der Waals surface area (Å²) in [6.45, 7) is 16.0. The monoisotopic (exact) mass is 407 g/mol. The van der Waals surface area contributed by atoms with Crippen molar-refractivity contribution >= 4 is 18.8 Å². The molecule has 0 saturated carbocycles. The summed E-state index contributed by atoms with van der Waals surface area (Å²) in [4.78, 5) is 2.48. The first-order chi connectivity index (χ1) is 10.1. The average Bonchev–Trinajstić information content (AvgIpc) is 2.49. The molecule has 0 fully saturated rings. The molecule has 3 heteroatoms. The fourth-order valence-corrected chi connectivity index (χ4v) is 17.4. The molecule has 1 unspecified atom stereocenters. The van der Waals surface area contributed by atoms with Crippen LogP contribution in [0.1, 0.15) is 80.1 Å². The van der Waals surface area contributed by atoms with Gasteiger partial charge in [0.25, 0.3) is 0 Å². The Balaban J connectivity index is 4.91. The Morgan fingerprint density at radius 2 is 1.14 bits per heavy atom. The van der Waals surface area contributed by atoms with Gasteiger partial charge in [0, 0.05) is 0 Å². The predicted octanol–water partition coefficient (Wildman–Crippen LogP) is 6.04. The summed E-state index contributed by atoms with van der Waals surface area (Å²) in [5.74, 6) is 0. The fourth-order valence-electron chi connectivity index (χ4n) is 3.22. The third-order valence-electron chi connectivity index (χ3n) is 4.70. The van der Waals surface area contributed by atoms with Gasteiger partial charge in [-0.1, -0.05) is 0 Å². The first-order valence-corrected chi connectivity index (χ1v) is 16.7. The molecule has 0 aliphatic carbocycles. The summed E-state index contributed by atoms with van der Waals surface area (Å²) in [7, 11) is 0. The van der Waals surface area contributed by atoms with E-state index in [9.17, 15) is 0 Å². The van der Waals surface area contributed by atoms with Crippen molar-refractivity contribution in [2.45, 2.75) is 99.6 Å². The van der Waals surface area contributed by atoms with Gasteiger partial charge in [0.1, 0.15) is 0 Å². The fraction of sp³-hybridized carbons (Fsp3) is 1.00. The van der Waals surface area contributed by atoms with E-state index in [1.54, 1.807) is 0 Å². The van der Waals surface area contributed by atoms with E-state index >= 15 is 0 Å². The average molecular weight is 406 g/mol. The van der Waals surface area contributed by atoms with E-state index in [1.807, 2.05) is 0 Å². The van der Waals surface area contributed by atoms with E-state index in [-0.39, 0.29) is 0 Å². The summed E-state index contributed by atoms with van der Waals surface area (Å²) in [6, 6.07) is 0. The normalized spacial score (nSPS) is 13.9. The second kappa shape index (κ2) is 13.2. The molecule has 0 bridgehead atoms. The van der Waals surface area contributed by atoms with Crippen molar-refractivity contribution in [1.29, 1.82) is 0 Å². The van der Waals surface area contributed by atoms with E-state index in [4.69, 9.17) is 3.07 Å². The first-order valence-electron chi connectivity index (χ1n) is 9.50. The van der Waals surface area contributed by atoms with E-state index in [0.717, 1.165) is 13.1 Å². The van der Waals surface area contributed by atoms with Crippen molar-refractivity contribution in [2.24, 2.45) is 0 Å². The molecule has 21 heavy (non-hydrogen) atoms. The molecular formula is C18H41NOSn. The van der Waals surface area contributed by atoms with Crippen molar-refractivity contribution in [3.05, 3.63) is 0 Å². The maximum atomic E-state index is 6.92. The van der Waals surface area contributed by atoms with Crippen LogP contribution in [-0.4, -0.2) is 43.0 Å².